The van der Waals surface area contributed by atoms with E-state index < -0.39 is 33.4 Å². The van der Waals surface area contributed by atoms with Crippen molar-refractivity contribution in [3.8, 4) is 17.2 Å². The van der Waals surface area contributed by atoms with Crippen molar-refractivity contribution >= 4 is 34.0 Å². The molecule has 0 saturated heterocycles. The van der Waals surface area contributed by atoms with Gasteiger partial charge < -0.3 is 4.74 Å². The van der Waals surface area contributed by atoms with Crippen molar-refractivity contribution in [2.45, 2.75) is 6.18 Å². The highest BCUT2D eigenvalue weighted by Gasteiger charge is 2.37. The molecule has 0 unspecified atom stereocenters. The van der Waals surface area contributed by atoms with E-state index in [0.717, 1.165) is 0 Å². The molecule has 0 aliphatic heterocycles. The first-order chi connectivity index (χ1) is 11.7. The molecule has 0 heterocycles. The van der Waals surface area contributed by atoms with Crippen molar-refractivity contribution in [2.75, 3.05) is 0 Å². The molecular weight excluding hydrogens is 383 g/mol. The van der Waals surface area contributed by atoms with Crippen LogP contribution in [-0.2, 0) is 11.3 Å². The summed E-state index contributed by atoms with van der Waals surface area (Å²) in [6.45, 7) is 0. The fraction of sp³-hybridized carbons (Fsp3) is 0.0588. The standard InChI is InChI=1S/C17H7Cl2F4O2/c18-13-7-12(17(21,22)23)15(20)14(19)16(13)25-11-4-2-8-5-10(24)3-1-9(8)6-11/h1-7H. The maximum atomic E-state index is 13.9. The summed E-state index contributed by atoms with van der Waals surface area (Å²) >= 11 is 11.5. The summed E-state index contributed by atoms with van der Waals surface area (Å²) in [5.41, 5.74) is -1.57. The summed E-state index contributed by atoms with van der Waals surface area (Å²) in [5.74, 6) is -2.08. The first kappa shape index (κ1) is 17.6. The molecule has 0 aliphatic carbocycles. The van der Waals surface area contributed by atoms with E-state index in [9.17, 15) is 22.7 Å². The number of hydrogen-bond acceptors (Lipinski definition) is 1. The van der Waals surface area contributed by atoms with Gasteiger partial charge in [0.2, 0.25) is 0 Å². The number of benzene rings is 3. The van der Waals surface area contributed by atoms with Crippen LogP contribution in [0.15, 0.2) is 42.5 Å². The molecule has 0 N–H and O–H groups in total. The number of ether oxygens (including phenoxy) is 1. The van der Waals surface area contributed by atoms with Crippen molar-refractivity contribution in [3.63, 3.8) is 0 Å². The average Bonchev–Trinajstić information content (AvgIpc) is 2.54. The van der Waals surface area contributed by atoms with Gasteiger partial charge in [0.25, 0.3) is 0 Å². The Hall–Kier alpha value is -2.18. The summed E-state index contributed by atoms with van der Waals surface area (Å²) in [6.07, 6.45) is -4.94. The normalized spacial score (nSPS) is 11.8. The van der Waals surface area contributed by atoms with Gasteiger partial charge in [0.1, 0.15) is 10.8 Å². The lowest BCUT2D eigenvalue weighted by atomic mass is 10.1. The largest absolute Gasteiger partial charge is 0.454 e. The molecule has 0 fully saturated rings. The van der Waals surface area contributed by atoms with E-state index in [1.54, 1.807) is 12.1 Å². The predicted molar refractivity (Wildman–Crippen MR) is 85.6 cm³/mol. The highest BCUT2D eigenvalue weighted by Crippen LogP contribution is 2.44. The van der Waals surface area contributed by atoms with E-state index in [1.165, 1.54) is 24.3 Å². The summed E-state index contributed by atoms with van der Waals surface area (Å²) in [4.78, 5) is 0. The van der Waals surface area contributed by atoms with E-state index in [1.807, 2.05) is 0 Å². The first-order valence-electron chi connectivity index (χ1n) is 6.80. The molecule has 0 saturated carbocycles. The van der Waals surface area contributed by atoms with Crippen LogP contribution in [0.5, 0.6) is 17.2 Å². The van der Waals surface area contributed by atoms with Gasteiger partial charge >= 0.3 is 6.18 Å². The van der Waals surface area contributed by atoms with Crippen LogP contribution in [0.2, 0.25) is 10.0 Å². The highest BCUT2D eigenvalue weighted by molar-refractivity contribution is 6.37. The topological polar surface area (TPSA) is 29.1 Å². The Balaban J connectivity index is 2.03. The van der Waals surface area contributed by atoms with Gasteiger partial charge in [-0.2, -0.15) is 13.2 Å². The molecule has 3 aromatic carbocycles. The smallest absolute Gasteiger partial charge is 0.419 e. The minimum Gasteiger partial charge on any atom is -0.454 e. The second-order valence-corrected chi connectivity index (χ2v) is 5.92. The summed E-state index contributed by atoms with van der Waals surface area (Å²) in [7, 11) is 0. The lowest BCUT2D eigenvalue weighted by Crippen LogP contribution is -2.09. The fourth-order valence-electron chi connectivity index (χ4n) is 2.26. The third-order valence-corrected chi connectivity index (χ3v) is 4.04. The molecule has 1 radical (unpaired) electrons. The van der Waals surface area contributed by atoms with Gasteiger partial charge in [0, 0.05) is 0 Å². The van der Waals surface area contributed by atoms with Crippen molar-refractivity contribution in [1.82, 2.24) is 0 Å². The van der Waals surface area contributed by atoms with Crippen molar-refractivity contribution < 1.29 is 27.4 Å². The molecular formula is C17H7Cl2F4O2. The van der Waals surface area contributed by atoms with Crippen LogP contribution in [0, 0.1) is 5.82 Å². The fourth-order valence-corrected chi connectivity index (χ4v) is 2.79. The van der Waals surface area contributed by atoms with E-state index in [-0.39, 0.29) is 11.5 Å². The molecule has 3 rings (SSSR count). The quantitative estimate of drug-likeness (QED) is 0.335. The Bertz CT molecular complexity index is 971. The van der Waals surface area contributed by atoms with Crippen LogP contribution in [0.25, 0.3) is 10.8 Å². The molecule has 0 aromatic heterocycles. The van der Waals surface area contributed by atoms with Gasteiger partial charge in [0.15, 0.2) is 17.3 Å². The molecule has 3 aromatic rings. The lowest BCUT2D eigenvalue weighted by Gasteiger charge is -2.15. The van der Waals surface area contributed by atoms with Gasteiger partial charge in [-0.1, -0.05) is 35.3 Å². The SMILES string of the molecule is [O]c1ccc2cc(Oc3c(Cl)cc(C(F)(F)F)c(F)c3Cl)ccc2c1. The van der Waals surface area contributed by atoms with Gasteiger partial charge in [0.05, 0.1) is 10.6 Å². The van der Waals surface area contributed by atoms with Gasteiger partial charge in [-0.15, -0.1) is 0 Å². The lowest BCUT2D eigenvalue weighted by molar-refractivity contribution is -0.140. The van der Waals surface area contributed by atoms with Gasteiger partial charge in [-0.25, -0.2) is 4.39 Å². The molecule has 129 valence electrons. The second kappa shape index (κ2) is 6.28. The summed E-state index contributed by atoms with van der Waals surface area (Å²) in [5, 5.41) is 11.3. The van der Waals surface area contributed by atoms with E-state index >= 15 is 0 Å². The molecule has 2 nitrogen and oxygen atoms in total. The Morgan fingerprint density at radius 1 is 0.920 bits per heavy atom. The molecule has 0 bridgehead atoms. The Labute approximate surface area is 149 Å². The number of rotatable bonds is 2. The molecule has 0 spiro atoms. The molecule has 0 amide bonds. The van der Waals surface area contributed by atoms with Crippen LogP contribution in [0.1, 0.15) is 5.56 Å². The second-order valence-electron chi connectivity index (χ2n) is 5.13. The first-order valence-corrected chi connectivity index (χ1v) is 7.56. The van der Waals surface area contributed by atoms with Crippen LogP contribution < -0.4 is 4.74 Å². The minimum atomic E-state index is -4.94. The number of halogens is 6. The number of hydrogen-bond donors (Lipinski definition) is 0. The number of alkyl halides is 3. The summed E-state index contributed by atoms with van der Waals surface area (Å²) in [6, 6.07) is 9.31. The molecule has 0 atom stereocenters. The predicted octanol–water partition coefficient (Wildman–Crippen LogP) is 7.24. The van der Waals surface area contributed by atoms with Gasteiger partial charge in [-0.3, -0.25) is 5.11 Å². The van der Waals surface area contributed by atoms with Crippen molar-refractivity contribution in [2.24, 2.45) is 0 Å². The molecule has 25 heavy (non-hydrogen) atoms. The Morgan fingerprint density at radius 2 is 1.56 bits per heavy atom. The van der Waals surface area contributed by atoms with Crippen LogP contribution in [0.3, 0.4) is 0 Å². The summed E-state index contributed by atoms with van der Waals surface area (Å²) < 4.78 is 57.5. The Morgan fingerprint density at radius 3 is 2.24 bits per heavy atom. The third-order valence-electron chi connectivity index (χ3n) is 3.42. The zero-order valence-electron chi connectivity index (χ0n) is 12.1. The van der Waals surface area contributed by atoms with E-state index in [2.05, 4.69) is 0 Å². The Kier molecular flexibility index (Phi) is 4.43. The van der Waals surface area contributed by atoms with E-state index in [0.29, 0.717) is 16.8 Å². The van der Waals surface area contributed by atoms with Crippen LogP contribution in [-0.4, -0.2) is 0 Å². The van der Waals surface area contributed by atoms with Crippen molar-refractivity contribution in [1.29, 1.82) is 0 Å². The maximum absolute atomic E-state index is 13.9. The zero-order valence-corrected chi connectivity index (χ0v) is 13.6. The van der Waals surface area contributed by atoms with Crippen LogP contribution in [0.4, 0.5) is 17.6 Å². The van der Waals surface area contributed by atoms with E-state index in [4.69, 9.17) is 27.9 Å². The zero-order chi connectivity index (χ0) is 18.4. The average molecular weight is 390 g/mol. The molecule has 8 heteroatoms. The number of fused-ring (bicyclic) bond motifs is 1. The van der Waals surface area contributed by atoms with Crippen molar-refractivity contribution in [3.05, 3.63) is 63.9 Å². The van der Waals surface area contributed by atoms with Crippen LogP contribution >= 0.6 is 23.2 Å². The van der Waals surface area contributed by atoms with Gasteiger partial charge in [-0.05, 0) is 41.1 Å². The maximum Gasteiger partial charge on any atom is 0.419 e. The third kappa shape index (κ3) is 3.45. The highest BCUT2D eigenvalue weighted by atomic mass is 35.5. The monoisotopic (exact) mass is 389 g/mol. The molecule has 0 aliphatic rings. The minimum absolute atomic E-state index is 0.169.